The van der Waals surface area contributed by atoms with E-state index in [1.54, 1.807) is 24.5 Å². The van der Waals surface area contributed by atoms with Crippen molar-refractivity contribution in [3.8, 4) is 0 Å². The second-order valence-corrected chi connectivity index (χ2v) is 5.95. The first-order valence-electron chi connectivity index (χ1n) is 6.83. The van der Waals surface area contributed by atoms with Gasteiger partial charge in [0.25, 0.3) is 0 Å². The summed E-state index contributed by atoms with van der Waals surface area (Å²) >= 11 is 0. The minimum atomic E-state index is -0.919. The molecule has 5 heteroatoms. The first kappa shape index (κ1) is 14.5. The zero-order valence-corrected chi connectivity index (χ0v) is 11.9. The van der Waals surface area contributed by atoms with Crippen LogP contribution in [-0.4, -0.2) is 39.5 Å². The molecular weight excluding hydrogens is 256 g/mol. The van der Waals surface area contributed by atoms with Crippen molar-refractivity contribution in [3.05, 3.63) is 30.1 Å². The number of aromatic nitrogens is 1. The van der Waals surface area contributed by atoms with Crippen molar-refractivity contribution in [2.75, 3.05) is 6.54 Å². The van der Waals surface area contributed by atoms with Crippen LogP contribution in [0.4, 0.5) is 0 Å². The number of hydrogen-bond donors (Lipinski definition) is 1. The van der Waals surface area contributed by atoms with Crippen LogP contribution in [0.25, 0.3) is 0 Å². The molecule has 2 rings (SSSR count). The van der Waals surface area contributed by atoms with Crippen LogP contribution in [-0.2, 0) is 16.0 Å². The molecule has 1 fully saturated rings. The number of piperidine rings is 1. The summed E-state index contributed by atoms with van der Waals surface area (Å²) in [6.45, 7) is 4.35. The summed E-state index contributed by atoms with van der Waals surface area (Å²) in [6.07, 6.45) is 5.17. The lowest BCUT2D eigenvalue weighted by atomic mass is 9.76. The Bertz CT molecular complexity index is 499. The molecule has 1 N–H and O–H groups in total. The van der Waals surface area contributed by atoms with Crippen LogP contribution in [0.5, 0.6) is 0 Å². The fraction of sp³-hybridized carbons (Fsp3) is 0.533. The Morgan fingerprint density at radius 2 is 2.05 bits per heavy atom. The van der Waals surface area contributed by atoms with Gasteiger partial charge in [-0.05, 0) is 36.0 Å². The summed E-state index contributed by atoms with van der Waals surface area (Å²) in [5.74, 6) is -1.05. The number of rotatable bonds is 3. The van der Waals surface area contributed by atoms with E-state index < -0.39 is 17.4 Å². The van der Waals surface area contributed by atoms with Crippen LogP contribution >= 0.6 is 0 Å². The van der Waals surface area contributed by atoms with E-state index in [4.69, 9.17) is 0 Å². The number of pyridine rings is 1. The third kappa shape index (κ3) is 2.98. The van der Waals surface area contributed by atoms with Crippen molar-refractivity contribution in [2.24, 2.45) is 5.41 Å². The summed E-state index contributed by atoms with van der Waals surface area (Å²) in [6, 6.07) is 2.82. The number of carbonyl (C=O) groups excluding carboxylic acids is 1. The molecule has 0 spiro atoms. The average molecular weight is 276 g/mol. The highest BCUT2D eigenvalue weighted by molar-refractivity contribution is 5.85. The minimum Gasteiger partial charge on any atom is -0.480 e. The van der Waals surface area contributed by atoms with Gasteiger partial charge in [-0.1, -0.05) is 13.8 Å². The number of likely N-dealkylation sites (tertiary alicyclic amines) is 1. The van der Waals surface area contributed by atoms with Crippen molar-refractivity contribution >= 4 is 11.9 Å². The number of carboxylic acid groups (broad SMARTS) is 1. The maximum atomic E-state index is 12.4. The van der Waals surface area contributed by atoms with Crippen LogP contribution < -0.4 is 0 Å². The number of aliphatic carboxylic acids is 1. The number of carboxylic acids is 1. The van der Waals surface area contributed by atoms with Gasteiger partial charge >= 0.3 is 5.97 Å². The SMILES string of the molecule is CC1(C)CCCN(C(=O)Cc2ccncc2)C1C(=O)O. The lowest BCUT2D eigenvalue weighted by Gasteiger charge is -2.44. The van der Waals surface area contributed by atoms with Gasteiger partial charge in [0.1, 0.15) is 6.04 Å². The molecule has 1 atom stereocenters. The third-order valence-electron chi connectivity index (χ3n) is 3.93. The van der Waals surface area contributed by atoms with Crippen molar-refractivity contribution in [1.29, 1.82) is 0 Å². The topological polar surface area (TPSA) is 70.5 Å². The molecule has 2 heterocycles. The quantitative estimate of drug-likeness (QED) is 0.912. The molecule has 0 aromatic carbocycles. The van der Waals surface area contributed by atoms with E-state index in [0.29, 0.717) is 6.54 Å². The van der Waals surface area contributed by atoms with E-state index in [9.17, 15) is 14.7 Å². The molecule has 5 nitrogen and oxygen atoms in total. The highest BCUT2D eigenvalue weighted by Crippen LogP contribution is 2.35. The third-order valence-corrected chi connectivity index (χ3v) is 3.93. The first-order valence-corrected chi connectivity index (χ1v) is 6.83. The second-order valence-electron chi connectivity index (χ2n) is 5.95. The summed E-state index contributed by atoms with van der Waals surface area (Å²) in [4.78, 5) is 29.4. The molecule has 1 aliphatic rings. The van der Waals surface area contributed by atoms with Crippen molar-refractivity contribution in [1.82, 2.24) is 9.88 Å². The number of hydrogen-bond acceptors (Lipinski definition) is 3. The Morgan fingerprint density at radius 1 is 1.40 bits per heavy atom. The number of nitrogens with zero attached hydrogens (tertiary/aromatic N) is 2. The van der Waals surface area contributed by atoms with Gasteiger partial charge in [-0.2, -0.15) is 0 Å². The zero-order chi connectivity index (χ0) is 14.8. The molecule has 1 aliphatic heterocycles. The maximum absolute atomic E-state index is 12.4. The maximum Gasteiger partial charge on any atom is 0.326 e. The largest absolute Gasteiger partial charge is 0.480 e. The summed E-state index contributed by atoms with van der Waals surface area (Å²) in [7, 11) is 0. The van der Waals surface area contributed by atoms with Gasteiger partial charge in [0, 0.05) is 18.9 Å². The molecule has 1 aromatic rings. The normalized spacial score (nSPS) is 21.5. The molecule has 108 valence electrons. The average Bonchev–Trinajstić information content (AvgIpc) is 2.37. The molecular formula is C15H20N2O3. The Morgan fingerprint density at radius 3 is 2.65 bits per heavy atom. The van der Waals surface area contributed by atoms with Gasteiger partial charge in [-0.25, -0.2) is 4.79 Å². The molecule has 1 amide bonds. The highest BCUT2D eigenvalue weighted by atomic mass is 16.4. The Labute approximate surface area is 118 Å². The van der Waals surface area contributed by atoms with E-state index in [1.807, 2.05) is 13.8 Å². The zero-order valence-electron chi connectivity index (χ0n) is 11.9. The van der Waals surface area contributed by atoms with Crippen molar-refractivity contribution in [2.45, 2.75) is 39.2 Å². The second kappa shape index (κ2) is 5.61. The minimum absolute atomic E-state index is 0.128. The number of amides is 1. The van der Waals surface area contributed by atoms with Gasteiger partial charge in [-0.3, -0.25) is 9.78 Å². The lowest BCUT2D eigenvalue weighted by molar-refractivity contribution is -0.158. The fourth-order valence-corrected chi connectivity index (χ4v) is 2.91. The van der Waals surface area contributed by atoms with Crippen LogP contribution in [0.15, 0.2) is 24.5 Å². The first-order chi connectivity index (χ1) is 9.42. The van der Waals surface area contributed by atoms with E-state index in [0.717, 1.165) is 18.4 Å². The predicted molar refractivity (Wildman–Crippen MR) is 74.1 cm³/mol. The number of carbonyl (C=O) groups is 2. The molecule has 20 heavy (non-hydrogen) atoms. The Balaban J connectivity index is 2.17. The van der Waals surface area contributed by atoms with E-state index in [-0.39, 0.29) is 12.3 Å². The molecule has 1 saturated heterocycles. The van der Waals surface area contributed by atoms with Crippen molar-refractivity contribution in [3.63, 3.8) is 0 Å². The van der Waals surface area contributed by atoms with E-state index in [1.165, 1.54) is 4.90 Å². The van der Waals surface area contributed by atoms with E-state index >= 15 is 0 Å². The van der Waals surface area contributed by atoms with Crippen molar-refractivity contribution < 1.29 is 14.7 Å². The lowest BCUT2D eigenvalue weighted by Crippen LogP contribution is -2.56. The molecule has 1 aromatic heterocycles. The highest BCUT2D eigenvalue weighted by Gasteiger charge is 2.44. The smallest absolute Gasteiger partial charge is 0.326 e. The van der Waals surface area contributed by atoms with Gasteiger partial charge in [-0.15, -0.1) is 0 Å². The summed E-state index contributed by atoms with van der Waals surface area (Å²) < 4.78 is 0. The fourth-order valence-electron chi connectivity index (χ4n) is 2.91. The predicted octanol–water partition coefficient (Wildman–Crippen LogP) is 1.73. The molecule has 0 aliphatic carbocycles. The van der Waals surface area contributed by atoms with Gasteiger partial charge < -0.3 is 10.0 Å². The molecule has 1 unspecified atom stereocenters. The monoisotopic (exact) mass is 276 g/mol. The summed E-state index contributed by atoms with van der Waals surface area (Å²) in [5, 5.41) is 9.46. The van der Waals surface area contributed by atoms with Crippen LogP contribution in [0.3, 0.4) is 0 Å². The Kier molecular flexibility index (Phi) is 4.06. The van der Waals surface area contributed by atoms with Gasteiger partial charge in [0.05, 0.1) is 6.42 Å². The van der Waals surface area contributed by atoms with Gasteiger partial charge in [0.2, 0.25) is 5.91 Å². The molecule has 0 bridgehead atoms. The standard InChI is InChI=1S/C15H20N2O3/c1-15(2)6-3-9-17(13(15)14(19)20)12(18)10-11-4-7-16-8-5-11/h4-5,7-8,13H,3,6,9-10H2,1-2H3,(H,19,20). The Hall–Kier alpha value is -1.91. The van der Waals surface area contributed by atoms with Crippen LogP contribution in [0, 0.1) is 5.41 Å². The van der Waals surface area contributed by atoms with Crippen LogP contribution in [0.1, 0.15) is 32.3 Å². The molecule has 0 saturated carbocycles. The summed E-state index contributed by atoms with van der Waals surface area (Å²) in [5.41, 5.74) is 0.468. The van der Waals surface area contributed by atoms with Crippen LogP contribution in [0.2, 0.25) is 0 Å². The van der Waals surface area contributed by atoms with Gasteiger partial charge in [0.15, 0.2) is 0 Å². The van der Waals surface area contributed by atoms with E-state index in [2.05, 4.69) is 4.98 Å². The molecule has 0 radical (unpaired) electrons.